The Labute approximate surface area is 176 Å². The van der Waals surface area contributed by atoms with Crippen LogP contribution in [0.4, 0.5) is 5.82 Å². The molecule has 156 valence electrons. The molecule has 1 fully saturated rings. The number of anilines is 1. The molecule has 0 spiro atoms. The summed E-state index contributed by atoms with van der Waals surface area (Å²) in [7, 11) is 1.69. The van der Waals surface area contributed by atoms with Crippen LogP contribution in [0.3, 0.4) is 0 Å². The van der Waals surface area contributed by atoms with Crippen LogP contribution in [0, 0.1) is 0 Å². The van der Waals surface area contributed by atoms with Gasteiger partial charge in [-0.1, -0.05) is 19.1 Å². The molecule has 1 saturated heterocycles. The van der Waals surface area contributed by atoms with Crippen molar-refractivity contribution in [1.29, 1.82) is 0 Å². The highest BCUT2D eigenvalue weighted by Gasteiger charge is 2.18. The molecule has 7 heteroatoms. The Morgan fingerprint density at radius 3 is 2.47 bits per heavy atom. The predicted octanol–water partition coefficient (Wildman–Crippen LogP) is 2.73. The number of aromatic nitrogens is 3. The highest BCUT2D eigenvalue weighted by atomic mass is 16.5. The minimum atomic E-state index is -0.131. The zero-order chi connectivity index (χ0) is 20.9. The third-order valence-electron chi connectivity index (χ3n) is 5.44. The summed E-state index contributed by atoms with van der Waals surface area (Å²) >= 11 is 0. The third-order valence-corrected chi connectivity index (χ3v) is 5.44. The molecular weight excluding hydrogens is 378 g/mol. The highest BCUT2D eigenvalue weighted by molar-refractivity contribution is 5.56. The van der Waals surface area contributed by atoms with Crippen molar-refractivity contribution in [2.45, 2.75) is 19.9 Å². The maximum atomic E-state index is 11.8. The number of pyridine rings is 1. The maximum absolute atomic E-state index is 11.8. The van der Waals surface area contributed by atoms with Crippen molar-refractivity contribution in [3.63, 3.8) is 0 Å². The number of piperazine rings is 1. The van der Waals surface area contributed by atoms with Crippen LogP contribution in [-0.2, 0) is 13.0 Å². The van der Waals surface area contributed by atoms with Crippen molar-refractivity contribution in [3.05, 3.63) is 70.3 Å². The lowest BCUT2D eigenvalue weighted by Gasteiger charge is -2.35. The fraction of sp³-hybridized carbons (Fsp3) is 0.348. The molecule has 1 aromatic carbocycles. The lowest BCUT2D eigenvalue weighted by atomic mass is 10.2. The van der Waals surface area contributed by atoms with Crippen molar-refractivity contribution in [1.82, 2.24) is 19.9 Å². The van der Waals surface area contributed by atoms with Crippen LogP contribution in [0.2, 0.25) is 0 Å². The van der Waals surface area contributed by atoms with Gasteiger partial charge in [0.15, 0.2) is 0 Å². The van der Waals surface area contributed by atoms with E-state index in [-0.39, 0.29) is 5.56 Å². The fourth-order valence-electron chi connectivity index (χ4n) is 3.66. The van der Waals surface area contributed by atoms with Gasteiger partial charge in [0, 0.05) is 56.2 Å². The molecule has 1 N–H and O–H groups in total. The van der Waals surface area contributed by atoms with Crippen molar-refractivity contribution < 1.29 is 4.74 Å². The Bertz CT molecular complexity index is 1020. The van der Waals surface area contributed by atoms with Crippen LogP contribution < -0.4 is 15.2 Å². The Kier molecular flexibility index (Phi) is 6.09. The summed E-state index contributed by atoms with van der Waals surface area (Å²) in [4.78, 5) is 28.5. The third kappa shape index (κ3) is 4.68. The van der Waals surface area contributed by atoms with Crippen molar-refractivity contribution in [2.75, 3.05) is 38.2 Å². The van der Waals surface area contributed by atoms with Gasteiger partial charge < -0.3 is 14.6 Å². The van der Waals surface area contributed by atoms with Crippen molar-refractivity contribution >= 4 is 5.82 Å². The minimum Gasteiger partial charge on any atom is -0.497 e. The fourth-order valence-corrected chi connectivity index (χ4v) is 3.66. The van der Waals surface area contributed by atoms with Crippen molar-refractivity contribution in [3.8, 4) is 17.1 Å². The topological polar surface area (TPSA) is 74.4 Å². The number of nitrogens with zero attached hydrogens (tertiary/aromatic N) is 4. The Balaban J connectivity index is 1.36. The molecule has 3 aromatic rings. The second-order valence-electron chi connectivity index (χ2n) is 7.46. The van der Waals surface area contributed by atoms with Gasteiger partial charge in [0.25, 0.3) is 5.56 Å². The van der Waals surface area contributed by atoms with E-state index in [4.69, 9.17) is 4.74 Å². The summed E-state index contributed by atoms with van der Waals surface area (Å²) in [5.41, 5.74) is 2.77. The monoisotopic (exact) mass is 405 g/mol. The number of methoxy groups -OCH3 is 1. The molecule has 4 rings (SSSR count). The summed E-state index contributed by atoms with van der Waals surface area (Å²) in [6.45, 7) is 6.77. The standard InChI is InChI=1S/C23H27N5O2/c1-3-19-14-22(29)26-23(25-19)18-6-9-21(24-15-18)28-12-10-27(11-13-28)16-17-4-7-20(30-2)8-5-17/h4-9,14-15H,3,10-13,16H2,1-2H3,(H,25,26,29). The van der Waals surface area contributed by atoms with Gasteiger partial charge in [0.05, 0.1) is 7.11 Å². The summed E-state index contributed by atoms with van der Waals surface area (Å²) in [5.74, 6) is 2.42. The van der Waals surface area contributed by atoms with Gasteiger partial charge in [-0.2, -0.15) is 0 Å². The van der Waals surface area contributed by atoms with Crippen LogP contribution in [0.25, 0.3) is 11.4 Å². The molecule has 7 nitrogen and oxygen atoms in total. The average Bonchev–Trinajstić information content (AvgIpc) is 2.80. The van der Waals surface area contributed by atoms with Crippen LogP contribution >= 0.6 is 0 Å². The number of nitrogens with one attached hydrogen (secondary N) is 1. The molecule has 0 amide bonds. The smallest absolute Gasteiger partial charge is 0.251 e. The lowest BCUT2D eigenvalue weighted by Crippen LogP contribution is -2.46. The highest BCUT2D eigenvalue weighted by Crippen LogP contribution is 2.20. The second-order valence-corrected chi connectivity index (χ2v) is 7.46. The molecule has 30 heavy (non-hydrogen) atoms. The number of ether oxygens (including phenoxy) is 1. The second kappa shape index (κ2) is 9.09. The summed E-state index contributed by atoms with van der Waals surface area (Å²) in [5, 5.41) is 0. The zero-order valence-electron chi connectivity index (χ0n) is 17.5. The van der Waals surface area contributed by atoms with Crippen LogP contribution in [-0.4, -0.2) is 53.1 Å². The summed E-state index contributed by atoms with van der Waals surface area (Å²) in [6, 6.07) is 13.8. The Morgan fingerprint density at radius 1 is 1.07 bits per heavy atom. The number of H-pyrrole nitrogens is 1. The van der Waals surface area contributed by atoms with Gasteiger partial charge in [0.1, 0.15) is 17.4 Å². The molecule has 3 heterocycles. The number of aryl methyl sites for hydroxylation is 1. The Morgan fingerprint density at radius 2 is 1.83 bits per heavy atom. The number of rotatable bonds is 6. The lowest BCUT2D eigenvalue weighted by molar-refractivity contribution is 0.249. The molecule has 0 aliphatic carbocycles. The number of hydrogen-bond donors (Lipinski definition) is 1. The van der Waals surface area contributed by atoms with Crippen LogP contribution in [0.15, 0.2) is 53.5 Å². The van der Waals surface area contributed by atoms with Gasteiger partial charge in [-0.05, 0) is 36.2 Å². The summed E-state index contributed by atoms with van der Waals surface area (Å²) < 4.78 is 5.23. The average molecular weight is 406 g/mol. The largest absolute Gasteiger partial charge is 0.497 e. The normalized spacial score (nSPS) is 14.7. The predicted molar refractivity (Wildman–Crippen MR) is 118 cm³/mol. The molecule has 0 bridgehead atoms. The Hall–Kier alpha value is -3.19. The van der Waals surface area contributed by atoms with E-state index >= 15 is 0 Å². The number of hydrogen-bond acceptors (Lipinski definition) is 6. The number of benzene rings is 1. The SMILES string of the molecule is CCc1cc(=O)[nH]c(-c2ccc(N3CCN(Cc4ccc(OC)cc4)CC3)nc2)n1. The molecule has 1 aliphatic heterocycles. The van der Waals surface area contributed by atoms with E-state index in [1.54, 1.807) is 13.3 Å². The van der Waals surface area contributed by atoms with E-state index in [9.17, 15) is 4.79 Å². The molecular formula is C23H27N5O2. The van der Waals surface area contributed by atoms with E-state index in [1.165, 1.54) is 11.6 Å². The van der Waals surface area contributed by atoms with Crippen LogP contribution in [0.1, 0.15) is 18.2 Å². The first kappa shape index (κ1) is 20.1. The van der Waals surface area contributed by atoms with Gasteiger partial charge in [0.2, 0.25) is 0 Å². The number of aromatic amines is 1. The molecule has 1 aliphatic rings. The molecule has 0 unspecified atom stereocenters. The van der Waals surface area contributed by atoms with E-state index in [0.29, 0.717) is 5.82 Å². The quantitative estimate of drug-likeness (QED) is 0.680. The van der Waals surface area contributed by atoms with E-state index < -0.39 is 0 Å². The van der Waals surface area contributed by atoms with Gasteiger partial charge in [-0.15, -0.1) is 0 Å². The van der Waals surface area contributed by atoms with Gasteiger partial charge >= 0.3 is 0 Å². The molecule has 0 atom stereocenters. The van der Waals surface area contributed by atoms with Gasteiger partial charge in [-0.3, -0.25) is 9.69 Å². The molecule has 2 aromatic heterocycles. The zero-order valence-corrected chi connectivity index (χ0v) is 17.5. The van der Waals surface area contributed by atoms with Crippen LogP contribution in [0.5, 0.6) is 5.75 Å². The maximum Gasteiger partial charge on any atom is 0.251 e. The van der Waals surface area contributed by atoms with E-state index in [2.05, 4.69) is 36.9 Å². The first-order chi connectivity index (χ1) is 14.6. The summed E-state index contributed by atoms with van der Waals surface area (Å²) in [6.07, 6.45) is 2.51. The molecule has 0 saturated carbocycles. The van der Waals surface area contributed by atoms with Gasteiger partial charge in [-0.25, -0.2) is 9.97 Å². The van der Waals surface area contributed by atoms with E-state index in [1.807, 2.05) is 31.2 Å². The first-order valence-corrected chi connectivity index (χ1v) is 10.3. The van der Waals surface area contributed by atoms with E-state index in [0.717, 1.165) is 62.0 Å². The minimum absolute atomic E-state index is 0.131. The molecule has 0 radical (unpaired) electrons. The van der Waals surface area contributed by atoms with Crippen molar-refractivity contribution in [2.24, 2.45) is 0 Å². The first-order valence-electron chi connectivity index (χ1n) is 10.3.